The van der Waals surface area contributed by atoms with Gasteiger partial charge in [0.25, 0.3) is 0 Å². The Bertz CT molecular complexity index is 2220. The monoisotopic (exact) mass is 774 g/mol. The van der Waals surface area contributed by atoms with E-state index in [0.29, 0.717) is 24.8 Å². The standard InChI is InChI=1S/C38H34F8N6O3/c1-2-25-28(39)6-3-20-13-24(53)14-26(29(20)25)31-30(40)32-27(15-47-31)33(51-16-22-4-5-23(17-51)52(22)34(54)38(44,45)46)49-35(48-32)55-19-36(9-10-36)18-50-11-7-21(8-12-50)37(41,42)43/h1,3,6,13-15,21-23,53H,4-5,7-12,16-19H2/t22-,23+. The molecule has 0 unspecified atom stereocenters. The third kappa shape index (κ3) is 6.82. The van der Waals surface area contributed by atoms with Crippen molar-refractivity contribution in [2.75, 3.05) is 44.2 Å². The fourth-order valence-corrected chi connectivity index (χ4v) is 8.46. The molecule has 2 aromatic heterocycles. The number of ether oxygens (including phenoxy) is 1. The zero-order valence-electron chi connectivity index (χ0n) is 29.2. The molecule has 1 saturated carbocycles. The third-order valence-corrected chi connectivity index (χ3v) is 11.4. The molecule has 9 nitrogen and oxygen atoms in total. The number of halogens is 8. The van der Waals surface area contributed by atoms with Crippen molar-refractivity contribution in [2.24, 2.45) is 11.3 Å². The second kappa shape index (κ2) is 13.3. The number of rotatable bonds is 7. The van der Waals surface area contributed by atoms with E-state index >= 15 is 4.39 Å². The summed E-state index contributed by atoms with van der Waals surface area (Å²) in [6.45, 7) is 1.02. The number of carbonyl (C=O) groups excluding carboxylic acids is 1. The van der Waals surface area contributed by atoms with E-state index in [2.05, 4.69) is 20.9 Å². The number of phenolic OH excluding ortho intramolecular Hbond substituents is 1. The Morgan fingerprint density at radius 3 is 2.31 bits per heavy atom. The van der Waals surface area contributed by atoms with Gasteiger partial charge in [0.05, 0.1) is 35.6 Å². The molecule has 17 heteroatoms. The van der Waals surface area contributed by atoms with E-state index in [1.165, 1.54) is 24.4 Å². The molecule has 5 heterocycles. The van der Waals surface area contributed by atoms with Crippen molar-refractivity contribution in [3.05, 3.63) is 47.7 Å². The molecule has 4 fully saturated rings. The number of amides is 1. The van der Waals surface area contributed by atoms with Crippen molar-refractivity contribution in [1.29, 1.82) is 0 Å². The second-order valence-electron chi connectivity index (χ2n) is 15.1. The van der Waals surface area contributed by atoms with E-state index in [-0.39, 0.29) is 96.3 Å². The summed E-state index contributed by atoms with van der Waals surface area (Å²) in [5.41, 5.74) is -1.20. The topological polar surface area (TPSA) is 94.9 Å². The van der Waals surface area contributed by atoms with Gasteiger partial charge in [-0.15, -0.1) is 6.42 Å². The lowest BCUT2D eigenvalue weighted by Gasteiger charge is -2.42. The molecule has 2 atom stereocenters. The number of fused-ring (bicyclic) bond motifs is 4. The maximum atomic E-state index is 16.9. The zero-order chi connectivity index (χ0) is 39.0. The SMILES string of the molecule is C#Cc1c(F)ccc2cc(O)cc(-c3ncc4c(N5C[C@H]6CC[C@@H](C5)N6C(=O)C(F)(F)F)nc(OCC5(CN6CCC(C(F)(F)F)CC6)CC5)nc4c3F)c12. The number of phenols is 1. The molecular formula is C38H34F8N6O3. The molecule has 0 spiro atoms. The summed E-state index contributed by atoms with van der Waals surface area (Å²) in [6, 6.07) is 3.19. The highest BCUT2D eigenvalue weighted by Crippen LogP contribution is 2.48. The van der Waals surface area contributed by atoms with Gasteiger partial charge in [-0.1, -0.05) is 12.0 Å². The van der Waals surface area contributed by atoms with Crippen LogP contribution >= 0.6 is 0 Å². The van der Waals surface area contributed by atoms with Crippen molar-refractivity contribution in [2.45, 2.75) is 63.0 Å². The van der Waals surface area contributed by atoms with Crippen LogP contribution in [0, 0.1) is 35.3 Å². The van der Waals surface area contributed by atoms with Crippen LogP contribution in [0.1, 0.15) is 44.1 Å². The number of terminal acetylenes is 1. The number of alkyl halides is 6. The Morgan fingerprint density at radius 2 is 1.69 bits per heavy atom. The summed E-state index contributed by atoms with van der Waals surface area (Å²) in [5.74, 6) is -2.88. The lowest BCUT2D eigenvalue weighted by molar-refractivity contribution is -0.188. The minimum Gasteiger partial charge on any atom is -0.508 e. The average Bonchev–Trinajstić information content (AvgIpc) is 3.85. The summed E-state index contributed by atoms with van der Waals surface area (Å²) >= 11 is 0. The molecule has 55 heavy (non-hydrogen) atoms. The first kappa shape index (κ1) is 37.0. The van der Waals surface area contributed by atoms with Crippen LogP contribution in [0.25, 0.3) is 32.9 Å². The molecule has 3 saturated heterocycles. The number of piperazine rings is 1. The summed E-state index contributed by atoms with van der Waals surface area (Å²) in [5, 5.41) is 11.1. The largest absolute Gasteiger partial charge is 0.508 e. The van der Waals surface area contributed by atoms with Crippen LogP contribution in [0.2, 0.25) is 0 Å². The van der Waals surface area contributed by atoms with Gasteiger partial charge in [-0.2, -0.15) is 36.3 Å². The fraction of sp³-hybridized carbons (Fsp3) is 0.474. The maximum Gasteiger partial charge on any atom is 0.471 e. The predicted octanol–water partition coefficient (Wildman–Crippen LogP) is 6.99. The van der Waals surface area contributed by atoms with Gasteiger partial charge in [-0.25, -0.2) is 8.78 Å². The van der Waals surface area contributed by atoms with Crippen molar-refractivity contribution in [1.82, 2.24) is 24.8 Å². The lowest BCUT2D eigenvalue weighted by atomic mass is 9.95. The van der Waals surface area contributed by atoms with Crippen LogP contribution in [-0.2, 0) is 4.79 Å². The Hall–Kier alpha value is -4.98. The van der Waals surface area contributed by atoms with Crippen molar-refractivity contribution in [3.63, 3.8) is 0 Å². The number of hydrogen-bond donors (Lipinski definition) is 1. The predicted molar refractivity (Wildman–Crippen MR) is 184 cm³/mol. The molecule has 2 bridgehead atoms. The highest BCUT2D eigenvalue weighted by atomic mass is 19.4. The quantitative estimate of drug-likeness (QED) is 0.159. The van der Waals surface area contributed by atoms with Crippen LogP contribution in [-0.4, -0.2) is 99.5 Å². The van der Waals surface area contributed by atoms with E-state index in [0.717, 1.165) is 23.8 Å². The number of carbonyl (C=O) groups is 1. The highest BCUT2D eigenvalue weighted by molar-refractivity contribution is 6.03. The molecule has 8 rings (SSSR count). The molecule has 4 aliphatic rings. The van der Waals surface area contributed by atoms with Crippen molar-refractivity contribution in [3.8, 4) is 35.4 Å². The number of aromatic hydroxyl groups is 1. The molecule has 1 amide bonds. The first-order valence-electron chi connectivity index (χ1n) is 17.9. The number of likely N-dealkylation sites (tertiary alicyclic amines) is 1. The van der Waals surface area contributed by atoms with Crippen molar-refractivity contribution < 1.29 is 49.8 Å². The first-order valence-corrected chi connectivity index (χ1v) is 17.9. The van der Waals surface area contributed by atoms with Crippen LogP contribution in [0.3, 0.4) is 0 Å². The molecule has 2 aromatic carbocycles. The zero-order valence-corrected chi connectivity index (χ0v) is 29.2. The number of piperidine rings is 1. The third-order valence-electron chi connectivity index (χ3n) is 11.4. The number of hydrogen-bond acceptors (Lipinski definition) is 8. The van der Waals surface area contributed by atoms with Gasteiger partial charge in [0, 0.05) is 42.2 Å². The number of pyridine rings is 1. The lowest BCUT2D eigenvalue weighted by Crippen LogP contribution is -2.59. The van der Waals surface area contributed by atoms with E-state index in [9.17, 15) is 40.6 Å². The first-order chi connectivity index (χ1) is 26.0. The maximum absolute atomic E-state index is 16.9. The Labute approximate surface area is 309 Å². The average molecular weight is 775 g/mol. The minimum absolute atomic E-state index is 0.000992. The van der Waals surface area contributed by atoms with E-state index in [1.807, 2.05) is 4.90 Å². The Kier molecular flexibility index (Phi) is 8.97. The summed E-state index contributed by atoms with van der Waals surface area (Å²) in [7, 11) is 0. The Balaban J connectivity index is 1.16. The van der Waals surface area contributed by atoms with Crippen LogP contribution in [0.5, 0.6) is 11.8 Å². The Morgan fingerprint density at radius 1 is 1.00 bits per heavy atom. The summed E-state index contributed by atoms with van der Waals surface area (Å²) < 4.78 is 118. The van der Waals surface area contributed by atoms with Crippen molar-refractivity contribution >= 4 is 33.4 Å². The molecule has 0 radical (unpaired) electrons. The normalized spacial score (nSPS) is 21.7. The van der Waals surface area contributed by atoms with Crippen LogP contribution < -0.4 is 9.64 Å². The van der Waals surface area contributed by atoms with E-state index < -0.39 is 53.3 Å². The minimum atomic E-state index is -5.06. The fourth-order valence-electron chi connectivity index (χ4n) is 8.46. The van der Waals surface area contributed by atoms with Crippen LogP contribution in [0.15, 0.2) is 30.5 Å². The van der Waals surface area contributed by atoms with Gasteiger partial charge in [-0.3, -0.25) is 9.78 Å². The number of anilines is 1. The van der Waals surface area contributed by atoms with Gasteiger partial charge < -0.3 is 24.5 Å². The van der Waals surface area contributed by atoms with E-state index in [1.54, 1.807) is 4.90 Å². The molecule has 4 aromatic rings. The van der Waals surface area contributed by atoms with Gasteiger partial charge in [-0.05, 0) is 75.2 Å². The molecular weight excluding hydrogens is 740 g/mol. The number of nitrogens with zero attached hydrogens (tertiary/aromatic N) is 6. The van der Waals surface area contributed by atoms with Gasteiger partial charge >= 0.3 is 24.3 Å². The van der Waals surface area contributed by atoms with E-state index in [4.69, 9.17) is 11.2 Å². The van der Waals surface area contributed by atoms with Crippen LogP contribution in [0.4, 0.5) is 40.9 Å². The molecule has 3 aliphatic heterocycles. The summed E-state index contributed by atoms with van der Waals surface area (Å²) in [4.78, 5) is 30.2. The number of aromatic nitrogens is 3. The highest BCUT2D eigenvalue weighted by Gasteiger charge is 2.52. The smallest absolute Gasteiger partial charge is 0.471 e. The molecule has 290 valence electrons. The number of benzene rings is 2. The summed E-state index contributed by atoms with van der Waals surface area (Å²) in [6.07, 6.45) is -0.289. The van der Waals surface area contributed by atoms with Gasteiger partial charge in [0.15, 0.2) is 5.82 Å². The molecule has 1 aliphatic carbocycles. The molecule has 1 N–H and O–H groups in total. The van der Waals surface area contributed by atoms with Gasteiger partial charge in [0.2, 0.25) is 0 Å². The van der Waals surface area contributed by atoms with Gasteiger partial charge in [0.1, 0.15) is 28.6 Å². The second-order valence-corrected chi connectivity index (χ2v) is 15.1.